The average molecular weight is 243 g/mol. The molecule has 0 saturated heterocycles. The highest BCUT2D eigenvalue weighted by Gasteiger charge is 2.11. The molecule has 1 aromatic heterocycles. The molecule has 0 bridgehead atoms. The van der Waals surface area contributed by atoms with E-state index in [0.29, 0.717) is 12.3 Å². The van der Waals surface area contributed by atoms with E-state index < -0.39 is 6.10 Å². The summed E-state index contributed by atoms with van der Waals surface area (Å²) < 4.78 is 5.09. The van der Waals surface area contributed by atoms with Gasteiger partial charge in [0, 0.05) is 5.25 Å². The minimum Gasteiger partial charge on any atom is -0.467 e. The fraction of sp³-hybridized carbons (Fsp3) is 0.545. The Hall–Kier alpha value is -0.940. The molecule has 0 spiro atoms. The van der Waals surface area contributed by atoms with Gasteiger partial charge < -0.3 is 14.8 Å². The molecule has 0 unspecified atom stereocenters. The van der Waals surface area contributed by atoms with E-state index in [1.807, 2.05) is 13.0 Å². The minimum absolute atomic E-state index is 0.0473. The summed E-state index contributed by atoms with van der Waals surface area (Å²) in [6, 6.07) is 3.59. The molecule has 0 aliphatic rings. The first-order chi connectivity index (χ1) is 7.59. The molecule has 0 aromatic carbocycles. The first-order valence-electron chi connectivity index (χ1n) is 5.18. The van der Waals surface area contributed by atoms with Crippen LogP contribution >= 0.6 is 11.8 Å². The summed E-state index contributed by atoms with van der Waals surface area (Å²) in [6.45, 7) is 4.03. The predicted octanol–water partition coefficient (Wildman–Crippen LogP) is 1.40. The van der Waals surface area contributed by atoms with Crippen LogP contribution in [-0.4, -0.2) is 28.1 Å². The number of amides is 1. The molecule has 0 saturated carbocycles. The van der Waals surface area contributed by atoms with Crippen molar-refractivity contribution in [3.05, 3.63) is 24.2 Å². The molecule has 4 nitrogen and oxygen atoms in total. The quantitative estimate of drug-likeness (QED) is 0.792. The highest BCUT2D eigenvalue weighted by Crippen LogP contribution is 2.13. The number of carbonyl (C=O) groups excluding carboxylic acids is 1. The maximum atomic E-state index is 11.4. The van der Waals surface area contributed by atoms with Crippen LogP contribution in [0.5, 0.6) is 0 Å². The lowest BCUT2D eigenvalue weighted by molar-refractivity contribution is -0.118. The summed E-state index contributed by atoms with van der Waals surface area (Å²) >= 11 is 1.44. The van der Waals surface area contributed by atoms with Crippen molar-refractivity contribution < 1.29 is 14.3 Å². The standard InChI is InChI=1S/C11H17NO3S/c1-8(13)9(2)16-7-11(14)12-6-10-4-3-5-15-10/h3-5,8-9,13H,6-7H2,1-2H3,(H,12,14)/t8-,9-/m1/s1. The highest BCUT2D eigenvalue weighted by molar-refractivity contribution is 8.00. The van der Waals surface area contributed by atoms with Crippen molar-refractivity contribution in [1.29, 1.82) is 0 Å². The van der Waals surface area contributed by atoms with Gasteiger partial charge in [-0.05, 0) is 19.1 Å². The van der Waals surface area contributed by atoms with Crippen molar-refractivity contribution >= 4 is 17.7 Å². The van der Waals surface area contributed by atoms with Gasteiger partial charge in [-0.15, -0.1) is 11.8 Å². The van der Waals surface area contributed by atoms with Crippen molar-refractivity contribution in [3.8, 4) is 0 Å². The van der Waals surface area contributed by atoms with Crippen molar-refractivity contribution in [1.82, 2.24) is 5.32 Å². The van der Waals surface area contributed by atoms with Gasteiger partial charge in [-0.3, -0.25) is 4.79 Å². The molecular weight excluding hydrogens is 226 g/mol. The van der Waals surface area contributed by atoms with E-state index in [4.69, 9.17) is 4.42 Å². The van der Waals surface area contributed by atoms with Gasteiger partial charge in [0.15, 0.2) is 0 Å². The van der Waals surface area contributed by atoms with Crippen molar-refractivity contribution in [2.45, 2.75) is 31.7 Å². The van der Waals surface area contributed by atoms with E-state index in [0.717, 1.165) is 5.76 Å². The summed E-state index contributed by atoms with van der Waals surface area (Å²) in [5, 5.41) is 12.1. The highest BCUT2D eigenvalue weighted by atomic mass is 32.2. The summed E-state index contributed by atoms with van der Waals surface area (Å²) in [5.74, 6) is 1.04. The normalized spacial score (nSPS) is 14.4. The second-order valence-electron chi connectivity index (χ2n) is 3.61. The number of thioether (sulfide) groups is 1. The topological polar surface area (TPSA) is 62.5 Å². The van der Waals surface area contributed by atoms with Crippen molar-refractivity contribution in [3.63, 3.8) is 0 Å². The van der Waals surface area contributed by atoms with Crippen LogP contribution in [0.25, 0.3) is 0 Å². The fourth-order valence-corrected chi connectivity index (χ4v) is 1.79. The predicted molar refractivity (Wildman–Crippen MR) is 64.2 cm³/mol. The second-order valence-corrected chi connectivity index (χ2v) is 4.98. The van der Waals surface area contributed by atoms with Gasteiger partial charge in [-0.1, -0.05) is 6.92 Å². The maximum Gasteiger partial charge on any atom is 0.230 e. The molecule has 0 radical (unpaired) electrons. The first-order valence-corrected chi connectivity index (χ1v) is 6.23. The van der Waals surface area contributed by atoms with Gasteiger partial charge in [-0.25, -0.2) is 0 Å². The van der Waals surface area contributed by atoms with E-state index in [1.54, 1.807) is 19.3 Å². The molecular formula is C11H17NO3S. The Balaban J connectivity index is 2.16. The zero-order valence-corrected chi connectivity index (χ0v) is 10.3. The van der Waals surface area contributed by atoms with E-state index >= 15 is 0 Å². The molecule has 5 heteroatoms. The number of hydrogen-bond acceptors (Lipinski definition) is 4. The number of rotatable bonds is 6. The van der Waals surface area contributed by atoms with Crippen LogP contribution in [0.4, 0.5) is 0 Å². The van der Waals surface area contributed by atoms with Crippen LogP contribution < -0.4 is 5.32 Å². The summed E-state index contributed by atoms with van der Waals surface area (Å²) in [6.07, 6.45) is 1.18. The lowest BCUT2D eigenvalue weighted by Gasteiger charge is -2.13. The van der Waals surface area contributed by atoms with Crippen LogP contribution in [0.2, 0.25) is 0 Å². The number of furan rings is 1. The fourth-order valence-electron chi connectivity index (χ4n) is 0.996. The van der Waals surface area contributed by atoms with Gasteiger partial charge in [0.1, 0.15) is 5.76 Å². The van der Waals surface area contributed by atoms with E-state index in [9.17, 15) is 9.90 Å². The maximum absolute atomic E-state index is 11.4. The number of aliphatic hydroxyl groups is 1. The second kappa shape index (κ2) is 6.60. The zero-order chi connectivity index (χ0) is 12.0. The third-order valence-corrected chi connectivity index (χ3v) is 3.55. The Morgan fingerprint density at radius 3 is 2.94 bits per heavy atom. The smallest absolute Gasteiger partial charge is 0.230 e. The average Bonchev–Trinajstić information content (AvgIpc) is 2.75. The SMILES string of the molecule is C[C@@H](O)[C@@H](C)SCC(=O)NCc1ccco1. The summed E-state index contributed by atoms with van der Waals surface area (Å²) in [7, 11) is 0. The molecule has 1 rings (SSSR count). The Bertz CT molecular complexity index is 311. The van der Waals surface area contributed by atoms with E-state index in [-0.39, 0.29) is 11.2 Å². The van der Waals surface area contributed by atoms with Crippen molar-refractivity contribution in [2.75, 3.05) is 5.75 Å². The molecule has 90 valence electrons. The Labute approximate surface area is 99.4 Å². The molecule has 1 heterocycles. The summed E-state index contributed by atoms with van der Waals surface area (Å²) in [5.41, 5.74) is 0. The number of aliphatic hydroxyl groups excluding tert-OH is 1. The van der Waals surface area contributed by atoms with Crippen LogP contribution in [0, 0.1) is 0 Å². The Morgan fingerprint density at radius 2 is 2.38 bits per heavy atom. The minimum atomic E-state index is -0.400. The molecule has 0 aliphatic carbocycles. The number of carbonyl (C=O) groups is 1. The zero-order valence-electron chi connectivity index (χ0n) is 9.47. The number of hydrogen-bond donors (Lipinski definition) is 2. The lowest BCUT2D eigenvalue weighted by Crippen LogP contribution is -2.26. The third kappa shape index (κ3) is 4.72. The van der Waals surface area contributed by atoms with Crippen molar-refractivity contribution in [2.24, 2.45) is 0 Å². The van der Waals surface area contributed by atoms with E-state index in [1.165, 1.54) is 11.8 Å². The Kier molecular flexibility index (Phi) is 5.42. The molecule has 1 aromatic rings. The molecule has 16 heavy (non-hydrogen) atoms. The molecule has 2 N–H and O–H groups in total. The molecule has 0 fully saturated rings. The largest absolute Gasteiger partial charge is 0.467 e. The Morgan fingerprint density at radius 1 is 1.62 bits per heavy atom. The van der Waals surface area contributed by atoms with Crippen LogP contribution in [0.1, 0.15) is 19.6 Å². The molecule has 0 aliphatic heterocycles. The van der Waals surface area contributed by atoms with Gasteiger partial charge in [0.25, 0.3) is 0 Å². The van der Waals surface area contributed by atoms with Gasteiger partial charge in [0.05, 0.1) is 24.7 Å². The van der Waals surface area contributed by atoms with Crippen LogP contribution in [0.15, 0.2) is 22.8 Å². The first kappa shape index (κ1) is 13.1. The van der Waals surface area contributed by atoms with E-state index in [2.05, 4.69) is 5.32 Å². The lowest BCUT2D eigenvalue weighted by atomic mass is 10.3. The van der Waals surface area contributed by atoms with Gasteiger partial charge in [0.2, 0.25) is 5.91 Å². The van der Waals surface area contributed by atoms with Gasteiger partial charge in [-0.2, -0.15) is 0 Å². The van der Waals surface area contributed by atoms with Crippen LogP contribution in [-0.2, 0) is 11.3 Å². The van der Waals surface area contributed by atoms with Gasteiger partial charge >= 0.3 is 0 Å². The molecule has 1 amide bonds. The summed E-state index contributed by atoms with van der Waals surface area (Å²) in [4.78, 5) is 11.4. The number of nitrogens with one attached hydrogen (secondary N) is 1. The monoisotopic (exact) mass is 243 g/mol. The van der Waals surface area contributed by atoms with Crippen LogP contribution in [0.3, 0.4) is 0 Å². The molecule has 2 atom stereocenters. The third-order valence-electron chi connectivity index (χ3n) is 2.20.